The molecule has 0 spiro atoms. The molecule has 2 N–H and O–H groups in total. The first-order chi connectivity index (χ1) is 10.1. The Hall–Kier alpha value is -0.730. The highest BCUT2D eigenvalue weighted by atomic mass is 127. The molecule has 0 saturated carbocycles. The number of carbonyl (C=O) groups is 1. The Kier molecular flexibility index (Phi) is 12.5. The maximum absolute atomic E-state index is 12.0. The fraction of sp³-hybridized carbons (Fsp3) is 0.875. The summed E-state index contributed by atoms with van der Waals surface area (Å²) < 4.78 is 5.38. The molecule has 138 valence electrons. The standard InChI is InChI=1S/C16H34N4O2.HI/c1-9-20(15(21)22-16(5,6)7)11-10-18-14(17-8)19-13(4)12(2)3;/h12-13H,9-11H2,1-8H3,(H2,17,18,19);1H. The first kappa shape index (κ1) is 24.5. The van der Waals surface area contributed by atoms with Crippen molar-refractivity contribution in [2.75, 3.05) is 26.7 Å². The Balaban J connectivity index is 0. The molecule has 0 aromatic rings. The van der Waals surface area contributed by atoms with Crippen LogP contribution in [0, 0.1) is 5.92 Å². The van der Waals surface area contributed by atoms with Gasteiger partial charge in [-0.2, -0.15) is 0 Å². The highest BCUT2D eigenvalue weighted by Crippen LogP contribution is 2.09. The van der Waals surface area contributed by atoms with E-state index in [1.54, 1.807) is 11.9 Å². The van der Waals surface area contributed by atoms with Gasteiger partial charge >= 0.3 is 6.09 Å². The van der Waals surface area contributed by atoms with Crippen molar-refractivity contribution in [2.45, 2.75) is 60.1 Å². The summed E-state index contributed by atoms with van der Waals surface area (Å²) >= 11 is 0. The van der Waals surface area contributed by atoms with Crippen molar-refractivity contribution in [3.63, 3.8) is 0 Å². The topological polar surface area (TPSA) is 66.0 Å². The van der Waals surface area contributed by atoms with Crippen molar-refractivity contribution in [1.29, 1.82) is 0 Å². The van der Waals surface area contributed by atoms with Crippen LogP contribution in [0.15, 0.2) is 4.99 Å². The van der Waals surface area contributed by atoms with Crippen LogP contribution in [0.5, 0.6) is 0 Å². The maximum atomic E-state index is 12.0. The quantitative estimate of drug-likeness (QED) is 0.377. The lowest BCUT2D eigenvalue weighted by Crippen LogP contribution is -2.47. The molecule has 0 aliphatic rings. The summed E-state index contributed by atoms with van der Waals surface area (Å²) in [5, 5.41) is 6.56. The molecule has 0 aliphatic heterocycles. The van der Waals surface area contributed by atoms with E-state index in [1.807, 2.05) is 27.7 Å². The van der Waals surface area contributed by atoms with Crippen molar-refractivity contribution >= 4 is 36.0 Å². The van der Waals surface area contributed by atoms with E-state index >= 15 is 0 Å². The van der Waals surface area contributed by atoms with Crippen molar-refractivity contribution in [1.82, 2.24) is 15.5 Å². The number of aliphatic imine (C=N–C) groups is 1. The van der Waals surface area contributed by atoms with Crippen molar-refractivity contribution in [2.24, 2.45) is 10.9 Å². The molecule has 0 aromatic heterocycles. The lowest BCUT2D eigenvalue weighted by atomic mass is 10.1. The molecule has 0 radical (unpaired) electrons. The monoisotopic (exact) mass is 442 g/mol. The number of hydrogen-bond donors (Lipinski definition) is 2. The van der Waals surface area contributed by atoms with E-state index in [4.69, 9.17) is 4.74 Å². The highest BCUT2D eigenvalue weighted by molar-refractivity contribution is 14.0. The number of hydrogen-bond acceptors (Lipinski definition) is 3. The molecule has 1 unspecified atom stereocenters. The van der Waals surface area contributed by atoms with Crippen LogP contribution in [0.25, 0.3) is 0 Å². The molecule has 0 aromatic carbocycles. The van der Waals surface area contributed by atoms with Crippen LogP contribution in [-0.2, 0) is 4.74 Å². The van der Waals surface area contributed by atoms with Crippen LogP contribution in [0.2, 0.25) is 0 Å². The Morgan fingerprint density at radius 3 is 2.22 bits per heavy atom. The molecule has 0 rings (SSSR count). The van der Waals surface area contributed by atoms with E-state index in [0.29, 0.717) is 31.6 Å². The van der Waals surface area contributed by atoms with Gasteiger partial charge in [-0.05, 0) is 40.5 Å². The van der Waals surface area contributed by atoms with E-state index in [0.717, 1.165) is 5.96 Å². The van der Waals surface area contributed by atoms with E-state index in [-0.39, 0.29) is 30.1 Å². The fourth-order valence-electron chi connectivity index (χ4n) is 1.59. The molecule has 1 atom stereocenters. The number of nitrogens with one attached hydrogen (secondary N) is 2. The zero-order chi connectivity index (χ0) is 17.3. The lowest BCUT2D eigenvalue weighted by Gasteiger charge is -2.27. The SMILES string of the molecule is CCN(CCNC(=NC)NC(C)C(C)C)C(=O)OC(C)(C)C.I. The summed E-state index contributed by atoms with van der Waals surface area (Å²) in [5.41, 5.74) is -0.470. The van der Waals surface area contributed by atoms with Gasteiger partial charge in [-0.15, -0.1) is 24.0 Å². The number of amides is 1. The van der Waals surface area contributed by atoms with E-state index in [9.17, 15) is 4.79 Å². The molecule has 23 heavy (non-hydrogen) atoms. The second kappa shape index (κ2) is 11.8. The molecule has 1 amide bonds. The lowest BCUT2D eigenvalue weighted by molar-refractivity contribution is 0.0264. The van der Waals surface area contributed by atoms with Gasteiger partial charge in [0.15, 0.2) is 5.96 Å². The van der Waals surface area contributed by atoms with E-state index in [1.165, 1.54) is 0 Å². The van der Waals surface area contributed by atoms with Gasteiger partial charge in [0.2, 0.25) is 0 Å². The first-order valence-corrected chi connectivity index (χ1v) is 8.05. The van der Waals surface area contributed by atoms with Crippen molar-refractivity contribution in [3.05, 3.63) is 0 Å². The molecular weight excluding hydrogens is 407 g/mol. The number of guanidine groups is 1. The van der Waals surface area contributed by atoms with Crippen molar-refractivity contribution in [3.8, 4) is 0 Å². The molecule has 0 aliphatic carbocycles. The van der Waals surface area contributed by atoms with Gasteiger partial charge in [-0.1, -0.05) is 13.8 Å². The zero-order valence-corrected chi connectivity index (χ0v) is 18.2. The molecule has 0 heterocycles. The second-order valence-corrected chi connectivity index (χ2v) is 6.74. The van der Waals surface area contributed by atoms with Crippen LogP contribution < -0.4 is 10.6 Å². The molecule has 0 fully saturated rings. The van der Waals surface area contributed by atoms with Crippen LogP contribution in [0.3, 0.4) is 0 Å². The van der Waals surface area contributed by atoms with Gasteiger partial charge in [0.05, 0.1) is 0 Å². The van der Waals surface area contributed by atoms with E-state index in [2.05, 4.69) is 36.4 Å². The largest absolute Gasteiger partial charge is 0.444 e. The Bertz CT molecular complexity index is 368. The summed E-state index contributed by atoms with van der Waals surface area (Å²) in [6.07, 6.45) is -0.282. The fourth-order valence-corrected chi connectivity index (χ4v) is 1.59. The number of carbonyl (C=O) groups excluding carboxylic acids is 1. The van der Waals surface area contributed by atoms with Gasteiger partial charge in [0.1, 0.15) is 5.60 Å². The van der Waals surface area contributed by atoms with Gasteiger partial charge in [0, 0.05) is 32.7 Å². The van der Waals surface area contributed by atoms with E-state index < -0.39 is 5.60 Å². The Labute approximate surface area is 158 Å². The summed E-state index contributed by atoms with van der Waals surface area (Å²) in [5.74, 6) is 1.27. The van der Waals surface area contributed by atoms with Crippen molar-refractivity contribution < 1.29 is 9.53 Å². The number of ether oxygens (including phenoxy) is 1. The predicted octanol–water partition coefficient (Wildman–Crippen LogP) is 3.07. The van der Waals surface area contributed by atoms with Gasteiger partial charge in [-0.3, -0.25) is 4.99 Å². The van der Waals surface area contributed by atoms with Gasteiger partial charge < -0.3 is 20.3 Å². The number of likely N-dealkylation sites (N-methyl/N-ethyl adjacent to an activating group) is 1. The third kappa shape index (κ3) is 11.4. The van der Waals surface area contributed by atoms with Crippen LogP contribution in [-0.4, -0.2) is 55.3 Å². The predicted molar refractivity (Wildman–Crippen MR) is 108 cm³/mol. The summed E-state index contributed by atoms with van der Waals surface area (Å²) in [6, 6.07) is 0.333. The van der Waals surface area contributed by atoms with Crippen LogP contribution in [0.4, 0.5) is 4.79 Å². The minimum absolute atomic E-state index is 0. The molecular formula is C16H35IN4O2. The average Bonchev–Trinajstić information content (AvgIpc) is 2.39. The van der Waals surface area contributed by atoms with Crippen LogP contribution >= 0.6 is 24.0 Å². The molecule has 6 nitrogen and oxygen atoms in total. The molecule has 0 saturated heterocycles. The average molecular weight is 442 g/mol. The van der Waals surface area contributed by atoms with Crippen LogP contribution in [0.1, 0.15) is 48.5 Å². The maximum Gasteiger partial charge on any atom is 0.410 e. The Morgan fingerprint density at radius 1 is 1.26 bits per heavy atom. The summed E-state index contributed by atoms with van der Waals surface area (Å²) in [7, 11) is 1.74. The van der Waals surface area contributed by atoms with Gasteiger partial charge in [0.25, 0.3) is 0 Å². The highest BCUT2D eigenvalue weighted by Gasteiger charge is 2.20. The number of rotatable bonds is 6. The number of halogens is 1. The normalized spacial score (nSPS) is 13.2. The first-order valence-electron chi connectivity index (χ1n) is 8.05. The third-order valence-corrected chi connectivity index (χ3v) is 3.30. The molecule has 0 bridgehead atoms. The molecule has 7 heteroatoms. The minimum atomic E-state index is -0.470. The summed E-state index contributed by atoms with van der Waals surface area (Å²) in [4.78, 5) is 17.9. The smallest absolute Gasteiger partial charge is 0.410 e. The minimum Gasteiger partial charge on any atom is -0.444 e. The third-order valence-electron chi connectivity index (χ3n) is 3.30. The zero-order valence-electron chi connectivity index (χ0n) is 15.9. The second-order valence-electron chi connectivity index (χ2n) is 6.74. The summed E-state index contributed by atoms with van der Waals surface area (Å²) in [6.45, 7) is 15.8. The Morgan fingerprint density at radius 2 is 1.83 bits per heavy atom. The number of nitrogens with zero attached hydrogens (tertiary/aromatic N) is 2. The van der Waals surface area contributed by atoms with Gasteiger partial charge in [-0.25, -0.2) is 4.79 Å².